The SMILES string of the molecule is N#CC(C#N)=C1C=C(c2ccccc2)N=C(N2CCCCC2)N1. The maximum atomic E-state index is 9.18. The molecule has 0 radical (unpaired) electrons. The Kier molecular flexibility index (Phi) is 4.40. The van der Waals surface area contributed by atoms with Gasteiger partial charge in [0.25, 0.3) is 0 Å². The van der Waals surface area contributed by atoms with E-state index in [0.717, 1.165) is 43.2 Å². The van der Waals surface area contributed by atoms with Crippen LogP contribution in [0.3, 0.4) is 0 Å². The van der Waals surface area contributed by atoms with Crippen molar-refractivity contribution in [1.29, 1.82) is 10.5 Å². The van der Waals surface area contributed by atoms with Crippen LogP contribution in [0.2, 0.25) is 0 Å². The normalized spacial score (nSPS) is 17.3. The minimum atomic E-state index is 0.0721. The highest BCUT2D eigenvalue weighted by Crippen LogP contribution is 2.23. The van der Waals surface area contributed by atoms with Crippen LogP contribution in [0.15, 0.2) is 52.7 Å². The molecule has 0 amide bonds. The van der Waals surface area contributed by atoms with Gasteiger partial charge in [-0.3, -0.25) is 0 Å². The van der Waals surface area contributed by atoms with E-state index in [-0.39, 0.29) is 5.57 Å². The third-order valence-corrected chi connectivity index (χ3v) is 3.97. The first kappa shape index (κ1) is 14.9. The van der Waals surface area contributed by atoms with Gasteiger partial charge < -0.3 is 10.2 Å². The molecule has 5 nitrogen and oxygen atoms in total. The van der Waals surface area contributed by atoms with Crippen molar-refractivity contribution in [3.63, 3.8) is 0 Å². The Morgan fingerprint density at radius 1 is 1.04 bits per heavy atom. The summed E-state index contributed by atoms with van der Waals surface area (Å²) in [4.78, 5) is 6.90. The van der Waals surface area contributed by atoms with Crippen LogP contribution in [-0.2, 0) is 0 Å². The predicted octanol–water partition coefficient (Wildman–Crippen LogP) is 2.77. The third kappa shape index (κ3) is 3.25. The molecule has 1 N–H and O–H groups in total. The molecule has 114 valence electrons. The van der Waals surface area contributed by atoms with Crippen LogP contribution in [0.1, 0.15) is 24.8 Å². The highest BCUT2D eigenvalue weighted by molar-refractivity contribution is 5.92. The summed E-state index contributed by atoms with van der Waals surface area (Å²) >= 11 is 0. The van der Waals surface area contributed by atoms with Gasteiger partial charge in [0.15, 0.2) is 5.57 Å². The molecule has 2 aliphatic rings. The van der Waals surface area contributed by atoms with E-state index in [9.17, 15) is 10.5 Å². The quantitative estimate of drug-likeness (QED) is 0.809. The number of likely N-dealkylation sites (tertiary alicyclic amines) is 1. The molecule has 0 aliphatic carbocycles. The lowest BCUT2D eigenvalue weighted by molar-refractivity contribution is 0.334. The molecule has 1 fully saturated rings. The van der Waals surface area contributed by atoms with Crippen LogP contribution in [0.5, 0.6) is 0 Å². The molecule has 5 heteroatoms. The van der Waals surface area contributed by atoms with Gasteiger partial charge in [-0.1, -0.05) is 30.3 Å². The van der Waals surface area contributed by atoms with Crippen molar-refractivity contribution in [2.24, 2.45) is 4.99 Å². The highest BCUT2D eigenvalue weighted by atomic mass is 15.3. The lowest BCUT2D eigenvalue weighted by Crippen LogP contribution is -2.44. The summed E-state index contributed by atoms with van der Waals surface area (Å²) in [6.45, 7) is 1.88. The maximum Gasteiger partial charge on any atom is 0.203 e. The van der Waals surface area contributed by atoms with Gasteiger partial charge >= 0.3 is 0 Å². The number of nitrogens with one attached hydrogen (secondary N) is 1. The zero-order valence-electron chi connectivity index (χ0n) is 12.8. The molecule has 1 saturated heterocycles. The molecule has 0 unspecified atom stereocenters. The molecule has 0 spiro atoms. The predicted molar refractivity (Wildman–Crippen MR) is 88.7 cm³/mol. The summed E-state index contributed by atoms with van der Waals surface area (Å²) in [5, 5.41) is 21.5. The topological polar surface area (TPSA) is 75.2 Å². The Bertz CT molecular complexity index is 737. The Labute approximate surface area is 135 Å². The fourth-order valence-corrected chi connectivity index (χ4v) is 2.76. The molecular weight excluding hydrogens is 286 g/mol. The molecule has 0 bridgehead atoms. The summed E-state index contributed by atoms with van der Waals surface area (Å²) in [7, 11) is 0. The molecule has 0 atom stereocenters. The first-order chi connectivity index (χ1) is 11.3. The van der Waals surface area contributed by atoms with E-state index in [4.69, 9.17) is 4.99 Å². The summed E-state index contributed by atoms with van der Waals surface area (Å²) in [5.74, 6) is 0.726. The second-order valence-electron chi connectivity index (χ2n) is 5.52. The van der Waals surface area contributed by atoms with Gasteiger partial charge in [-0.25, -0.2) is 4.99 Å². The van der Waals surface area contributed by atoms with E-state index in [2.05, 4.69) is 10.2 Å². The highest BCUT2D eigenvalue weighted by Gasteiger charge is 2.21. The molecule has 2 heterocycles. The van der Waals surface area contributed by atoms with Gasteiger partial charge in [-0.05, 0) is 25.3 Å². The Morgan fingerprint density at radius 3 is 2.39 bits per heavy atom. The fourth-order valence-electron chi connectivity index (χ4n) is 2.76. The van der Waals surface area contributed by atoms with Crippen molar-refractivity contribution in [3.05, 3.63) is 53.2 Å². The fraction of sp³-hybridized carbons (Fsp3) is 0.278. The number of hydrogen-bond donors (Lipinski definition) is 1. The number of hydrogen-bond acceptors (Lipinski definition) is 5. The zero-order chi connectivity index (χ0) is 16.1. The zero-order valence-corrected chi connectivity index (χ0v) is 12.8. The smallest absolute Gasteiger partial charge is 0.203 e. The van der Waals surface area contributed by atoms with E-state index in [1.807, 2.05) is 42.5 Å². The van der Waals surface area contributed by atoms with Gasteiger partial charge in [0, 0.05) is 18.7 Å². The van der Waals surface area contributed by atoms with Crippen molar-refractivity contribution >= 4 is 11.7 Å². The molecule has 0 aromatic heterocycles. The molecule has 2 aliphatic heterocycles. The van der Waals surface area contributed by atoms with Crippen molar-refractivity contribution in [2.75, 3.05) is 13.1 Å². The summed E-state index contributed by atoms with van der Waals surface area (Å²) in [6, 6.07) is 13.7. The van der Waals surface area contributed by atoms with Gasteiger partial charge in [0.1, 0.15) is 12.1 Å². The minimum Gasteiger partial charge on any atom is -0.342 e. The molecule has 0 saturated carbocycles. The van der Waals surface area contributed by atoms with Crippen LogP contribution in [0.4, 0.5) is 0 Å². The van der Waals surface area contributed by atoms with E-state index in [0.29, 0.717) is 5.70 Å². The number of nitriles is 2. The number of rotatable bonds is 1. The van der Waals surface area contributed by atoms with Crippen LogP contribution in [0, 0.1) is 22.7 Å². The van der Waals surface area contributed by atoms with E-state index >= 15 is 0 Å². The molecular formula is C18H17N5. The third-order valence-electron chi connectivity index (χ3n) is 3.97. The first-order valence-electron chi connectivity index (χ1n) is 7.74. The molecule has 1 aromatic rings. The van der Waals surface area contributed by atoms with Gasteiger partial charge in [-0.2, -0.15) is 10.5 Å². The summed E-state index contributed by atoms with van der Waals surface area (Å²) in [6.07, 6.45) is 5.26. The van der Waals surface area contributed by atoms with Crippen LogP contribution >= 0.6 is 0 Å². The minimum absolute atomic E-state index is 0.0721. The second-order valence-corrected chi connectivity index (χ2v) is 5.52. The molecule has 23 heavy (non-hydrogen) atoms. The number of nitrogens with zero attached hydrogens (tertiary/aromatic N) is 4. The molecule has 3 rings (SSSR count). The van der Waals surface area contributed by atoms with Crippen molar-refractivity contribution in [2.45, 2.75) is 19.3 Å². The van der Waals surface area contributed by atoms with Gasteiger partial charge in [0.2, 0.25) is 5.96 Å². The lowest BCUT2D eigenvalue weighted by atomic mass is 10.1. The standard InChI is InChI=1S/C18H17N5/c19-12-15(13-20)17-11-16(14-7-3-1-4-8-14)21-18(22-17)23-9-5-2-6-10-23/h1,3-4,7-8,11H,2,5-6,9-10H2,(H,21,22). The average molecular weight is 303 g/mol. The van der Waals surface area contributed by atoms with Gasteiger partial charge in [-0.15, -0.1) is 0 Å². The van der Waals surface area contributed by atoms with Crippen molar-refractivity contribution < 1.29 is 0 Å². The second kappa shape index (κ2) is 6.81. The van der Waals surface area contributed by atoms with Crippen LogP contribution in [0.25, 0.3) is 5.70 Å². The first-order valence-corrected chi connectivity index (χ1v) is 7.74. The van der Waals surface area contributed by atoms with Crippen molar-refractivity contribution in [3.8, 4) is 12.1 Å². The summed E-state index contributed by atoms with van der Waals surface area (Å²) in [5.41, 5.74) is 2.33. The van der Waals surface area contributed by atoms with Crippen molar-refractivity contribution in [1.82, 2.24) is 10.2 Å². The molecule has 1 aromatic carbocycles. The van der Waals surface area contributed by atoms with Gasteiger partial charge in [0.05, 0.1) is 11.4 Å². The van der Waals surface area contributed by atoms with E-state index < -0.39 is 0 Å². The Balaban J connectivity index is 2.03. The van der Waals surface area contributed by atoms with E-state index in [1.165, 1.54) is 6.42 Å². The monoisotopic (exact) mass is 303 g/mol. The number of benzene rings is 1. The Morgan fingerprint density at radius 2 is 1.74 bits per heavy atom. The average Bonchev–Trinajstić information content (AvgIpc) is 2.64. The summed E-state index contributed by atoms with van der Waals surface area (Å²) < 4.78 is 0. The van der Waals surface area contributed by atoms with Crippen LogP contribution < -0.4 is 5.32 Å². The van der Waals surface area contributed by atoms with Crippen LogP contribution in [-0.4, -0.2) is 23.9 Å². The number of allylic oxidation sites excluding steroid dienone is 2. The number of aliphatic imine (C=N–C) groups is 1. The maximum absolute atomic E-state index is 9.18. The van der Waals surface area contributed by atoms with E-state index in [1.54, 1.807) is 6.08 Å². The number of piperidine rings is 1. The lowest BCUT2D eigenvalue weighted by Gasteiger charge is -2.32. The number of guanidine groups is 1. The largest absolute Gasteiger partial charge is 0.342 e. The Hall–Kier alpha value is -3.05.